The summed E-state index contributed by atoms with van der Waals surface area (Å²) in [4.78, 5) is 37.2. The van der Waals surface area contributed by atoms with E-state index < -0.39 is 18.1 Å². The molecule has 0 aromatic heterocycles. The molecule has 0 amide bonds. The summed E-state index contributed by atoms with van der Waals surface area (Å²) < 4.78 is 17.3. The minimum Gasteiger partial charge on any atom is -0.544 e. The molecule has 0 aromatic carbocycles. The number of rotatable bonds is 53. The van der Waals surface area contributed by atoms with Gasteiger partial charge in [0.1, 0.15) is 12.6 Å². The van der Waals surface area contributed by atoms with Crippen LogP contribution in [-0.2, 0) is 28.6 Å². The van der Waals surface area contributed by atoms with Gasteiger partial charge in [-0.15, -0.1) is 0 Å². The fourth-order valence-corrected chi connectivity index (χ4v) is 8.81. The van der Waals surface area contributed by atoms with Crippen molar-refractivity contribution in [1.82, 2.24) is 0 Å². The predicted octanol–water partition coefficient (Wildman–Crippen LogP) is 16.0. The van der Waals surface area contributed by atoms with Crippen LogP contribution in [0.4, 0.5) is 0 Å². The van der Waals surface area contributed by atoms with Crippen molar-refractivity contribution >= 4 is 17.9 Å². The zero-order valence-corrected chi connectivity index (χ0v) is 45.5. The van der Waals surface area contributed by atoms with Crippen molar-refractivity contribution in [2.75, 3.05) is 41.0 Å². The van der Waals surface area contributed by atoms with Crippen LogP contribution in [0, 0.1) is 0 Å². The van der Waals surface area contributed by atoms with Gasteiger partial charge in [-0.25, -0.2) is 0 Å². The molecule has 0 saturated carbocycles. The molecule has 0 spiro atoms. The number of quaternary nitrogens is 1. The van der Waals surface area contributed by atoms with E-state index in [9.17, 15) is 19.5 Å². The number of esters is 2. The van der Waals surface area contributed by atoms with E-state index in [0.717, 1.165) is 51.4 Å². The third-order valence-electron chi connectivity index (χ3n) is 13.3. The van der Waals surface area contributed by atoms with Crippen molar-refractivity contribution in [3.8, 4) is 0 Å². The van der Waals surface area contributed by atoms with Crippen LogP contribution in [0.2, 0.25) is 0 Å². The largest absolute Gasteiger partial charge is 0.544 e. The fourth-order valence-electron chi connectivity index (χ4n) is 8.81. The van der Waals surface area contributed by atoms with Crippen LogP contribution in [0.1, 0.15) is 277 Å². The van der Waals surface area contributed by atoms with Gasteiger partial charge >= 0.3 is 11.9 Å². The molecular weight excluding hydrogens is 847 g/mol. The Bertz CT molecular complexity index is 1210. The lowest BCUT2D eigenvalue weighted by atomic mass is 10.0. The molecule has 0 radical (unpaired) electrons. The van der Waals surface area contributed by atoms with Crippen molar-refractivity contribution in [1.29, 1.82) is 0 Å². The molecule has 0 fully saturated rings. The Morgan fingerprint density at radius 1 is 0.456 bits per heavy atom. The Morgan fingerprint density at radius 2 is 0.824 bits per heavy atom. The van der Waals surface area contributed by atoms with Gasteiger partial charge < -0.3 is 28.6 Å². The van der Waals surface area contributed by atoms with E-state index in [1.54, 1.807) is 0 Å². The molecule has 68 heavy (non-hydrogen) atoms. The van der Waals surface area contributed by atoms with E-state index >= 15 is 0 Å². The van der Waals surface area contributed by atoms with E-state index in [2.05, 4.69) is 50.3 Å². The van der Waals surface area contributed by atoms with Crippen molar-refractivity contribution in [3.63, 3.8) is 0 Å². The molecule has 0 saturated heterocycles. The topological polar surface area (TPSA) is 102 Å². The molecule has 398 valence electrons. The van der Waals surface area contributed by atoms with Gasteiger partial charge in [0, 0.05) is 19.3 Å². The van der Waals surface area contributed by atoms with Gasteiger partial charge in [0.15, 0.2) is 6.10 Å². The number of carbonyl (C=O) groups is 3. The first-order valence-electron chi connectivity index (χ1n) is 29.0. The van der Waals surface area contributed by atoms with Crippen LogP contribution in [-0.4, -0.2) is 75.5 Å². The third-order valence-corrected chi connectivity index (χ3v) is 13.3. The van der Waals surface area contributed by atoms with Crippen LogP contribution in [0.25, 0.3) is 0 Å². The number of carboxylic acids is 1. The lowest BCUT2D eigenvalue weighted by molar-refractivity contribution is -0.889. The second-order valence-electron chi connectivity index (χ2n) is 20.8. The maximum absolute atomic E-state index is 12.8. The monoisotopic (exact) mass is 958 g/mol. The predicted molar refractivity (Wildman–Crippen MR) is 287 cm³/mol. The first kappa shape index (κ1) is 65.5. The summed E-state index contributed by atoms with van der Waals surface area (Å²) in [5, 5.41) is 11.7. The quantitative estimate of drug-likeness (QED) is 0.0259. The number of nitrogens with zero attached hydrogens (tertiary/aromatic N) is 1. The zero-order chi connectivity index (χ0) is 49.9. The van der Waals surface area contributed by atoms with Gasteiger partial charge in [0.05, 0.1) is 40.3 Å². The minimum absolute atomic E-state index is 0.0420. The van der Waals surface area contributed by atoms with Gasteiger partial charge in [-0.05, 0) is 64.2 Å². The van der Waals surface area contributed by atoms with E-state index in [4.69, 9.17) is 14.2 Å². The molecule has 0 aromatic rings. The summed E-state index contributed by atoms with van der Waals surface area (Å²) in [5.41, 5.74) is 0. The van der Waals surface area contributed by atoms with Gasteiger partial charge in [-0.3, -0.25) is 9.59 Å². The summed E-state index contributed by atoms with van der Waals surface area (Å²) in [7, 11) is 5.43. The molecule has 8 nitrogen and oxygen atoms in total. The molecule has 2 unspecified atom stereocenters. The van der Waals surface area contributed by atoms with Gasteiger partial charge in [-0.1, -0.05) is 230 Å². The molecular formula is C60H111NO7. The Kier molecular flexibility index (Phi) is 49.1. The molecule has 0 aliphatic carbocycles. The molecule has 0 aliphatic heterocycles. The highest BCUT2D eigenvalue weighted by molar-refractivity contribution is 5.70. The van der Waals surface area contributed by atoms with Crippen LogP contribution in [0.3, 0.4) is 0 Å². The molecule has 0 rings (SSSR count). The van der Waals surface area contributed by atoms with Gasteiger partial charge in [-0.2, -0.15) is 0 Å². The Hall–Kier alpha value is -2.45. The summed E-state index contributed by atoms with van der Waals surface area (Å²) in [5.74, 6) is -1.72. The van der Waals surface area contributed by atoms with Crippen LogP contribution in [0.15, 0.2) is 36.5 Å². The average Bonchev–Trinajstić information content (AvgIpc) is 3.30. The fraction of sp³-hybridized carbons (Fsp3) is 0.850. The minimum atomic E-state index is -1.12. The molecule has 8 heteroatoms. The average molecular weight is 959 g/mol. The summed E-state index contributed by atoms with van der Waals surface area (Å²) in [6.07, 6.45) is 61.9. The highest BCUT2D eigenvalue weighted by Gasteiger charge is 2.25. The Morgan fingerprint density at radius 3 is 1.22 bits per heavy atom. The normalized spacial score (nSPS) is 13.0. The molecule has 2 atom stereocenters. The van der Waals surface area contributed by atoms with Crippen LogP contribution < -0.4 is 5.11 Å². The van der Waals surface area contributed by atoms with E-state index in [0.29, 0.717) is 12.8 Å². The maximum atomic E-state index is 12.8. The summed E-state index contributed by atoms with van der Waals surface area (Å²) in [6.45, 7) is 4.61. The smallest absolute Gasteiger partial charge is 0.306 e. The summed E-state index contributed by atoms with van der Waals surface area (Å²) in [6, 6.07) is -0.726. The first-order chi connectivity index (χ1) is 33.1. The van der Waals surface area contributed by atoms with Gasteiger partial charge in [0.2, 0.25) is 0 Å². The number of likely N-dealkylation sites (N-methyl/N-ethyl adjacent to an activating group) is 1. The Labute approximate surface area is 421 Å². The number of hydrogen-bond donors (Lipinski definition) is 0. The lowest BCUT2D eigenvalue weighted by Gasteiger charge is -2.34. The molecule has 0 heterocycles. The number of carboxylic acid groups (broad SMARTS) is 1. The molecule has 0 N–H and O–H groups in total. The molecule has 0 bridgehead atoms. The second-order valence-corrected chi connectivity index (χ2v) is 20.8. The first-order valence-corrected chi connectivity index (χ1v) is 29.0. The SMILES string of the molecule is CC/C=C/C/C=C/CCCCCCCCCCCCCCCCC(=O)OCC(COCCC(C(=O)[O-])[N+](C)(C)C)OC(=O)CCCCCCCCC/C=C/CCCCCCCCCCCCCC. The van der Waals surface area contributed by atoms with Crippen LogP contribution >= 0.6 is 0 Å². The number of aliphatic carboxylic acids is 1. The number of hydrogen-bond acceptors (Lipinski definition) is 7. The van der Waals surface area contributed by atoms with E-state index in [1.165, 1.54) is 193 Å². The second kappa shape index (κ2) is 50.9. The highest BCUT2D eigenvalue weighted by atomic mass is 16.6. The van der Waals surface area contributed by atoms with Crippen molar-refractivity contribution in [2.24, 2.45) is 0 Å². The number of allylic oxidation sites excluding steroid dienone is 6. The number of carbonyl (C=O) groups excluding carboxylic acids is 3. The van der Waals surface area contributed by atoms with Crippen LogP contribution in [0.5, 0.6) is 0 Å². The lowest BCUT2D eigenvalue weighted by Crippen LogP contribution is -2.55. The zero-order valence-electron chi connectivity index (χ0n) is 45.5. The van der Waals surface area contributed by atoms with Crippen molar-refractivity contribution in [2.45, 2.75) is 289 Å². The number of ether oxygens (including phenoxy) is 3. The molecule has 0 aliphatic rings. The standard InChI is InChI=1S/C60H111NO7/c1-6-8-10-12-14-16-18-20-22-24-26-28-29-31-33-35-37-39-41-43-45-47-49-51-59(63)68-56(54-66-53-52-57(60(64)65)61(3,4)5)55-67-58(62)50-48-46-44-42-40-38-36-34-32-30-27-25-23-21-19-17-15-13-11-9-7-2/h9,11,15,17,31,33,56-57H,6-8,10,12-14,16,18-30,32,34-55H2,1-5H3/b11-9+,17-15+,33-31+. The van der Waals surface area contributed by atoms with E-state index in [-0.39, 0.29) is 42.7 Å². The van der Waals surface area contributed by atoms with Gasteiger partial charge in [0.25, 0.3) is 0 Å². The maximum Gasteiger partial charge on any atom is 0.306 e. The van der Waals surface area contributed by atoms with E-state index in [1.807, 2.05) is 21.1 Å². The highest BCUT2D eigenvalue weighted by Crippen LogP contribution is 2.17. The van der Waals surface area contributed by atoms with Crippen molar-refractivity contribution < 1.29 is 38.2 Å². The third kappa shape index (κ3) is 48.6. The number of unbranched alkanes of at least 4 members (excludes halogenated alkanes) is 33. The summed E-state index contributed by atoms with van der Waals surface area (Å²) >= 11 is 0. The van der Waals surface area contributed by atoms with Crippen molar-refractivity contribution in [3.05, 3.63) is 36.5 Å². The Balaban J connectivity index is 4.14.